The van der Waals surface area contributed by atoms with Crippen LogP contribution in [0.5, 0.6) is 0 Å². The van der Waals surface area contributed by atoms with Crippen LogP contribution in [0.3, 0.4) is 0 Å². The molecule has 0 aliphatic heterocycles. The molecule has 0 aliphatic carbocycles. The van der Waals surface area contributed by atoms with Crippen LogP contribution in [0.25, 0.3) is 0 Å². The maximum absolute atomic E-state index is 13.6. The highest BCUT2D eigenvalue weighted by molar-refractivity contribution is 7.79. The second-order valence-corrected chi connectivity index (χ2v) is 7.73. The zero-order chi connectivity index (χ0) is 20.0. The lowest BCUT2D eigenvalue weighted by atomic mass is 10.2. The highest BCUT2D eigenvalue weighted by atomic mass is 32.2. The second-order valence-electron chi connectivity index (χ2n) is 6.67. The van der Waals surface area contributed by atoms with Crippen LogP contribution >= 0.6 is 0 Å². The number of hydrogen-bond donors (Lipinski definition) is 1. The number of nitrogens with one attached hydrogen (secondary N) is 1. The SMILES string of the molecule is CC(C)(C)OC(=O)Cn1cccc(NOS(=O)Cc2ccccc2F)c1=O. The van der Waals surface area contributed by atoms with Gasteiger partial charge in [0.05, 0.1) is 5.75 Å². The number of anilines is 1. The summed E-state index contributed by atoms with van der Waals surface area (Å²) in [6.45, 7) is 4.91. The minimum atomic E-state index is -1.91. The quantitative estimate of drug-likeness (QED) is 0.572. The number of ether oxygens (including phenoxy) is 1. The van der Waals surface area contributed by atoms with Gasteiger partial charge in [0.1, 0.15) is 23.7 Å². The van der Waals surface area contributed by atoms with Crippen LogP contribution < -0.4 is 11.0 Å². The number of carbonyl (C=O) groups excluding carboxylic acids is 1. The maximum atomic E-state index is 13.6. The van der Waals surface area contributed by atoms with E-state index in [1.807, 2.05) is 0 Å². The normalized spacial score (nSPS) is 12.4. The van der Waals surface area contributed by atoms with E-state index in [0.29, 0.717) is 0 Å². The Labute approximate surface area is 158 Å². The van der Waals surface area contributed by atoms with E-state index in [2.05, 4.69) is 5.48 Å². The standard InChI is InChI=1S/C18H21FN2O5S/c1-18(2,3)25-16(22)11-21-10-6-9-15(17(21)23)20-26-27(24)12-13-7-4-5-8-14(13)19/h4-10,20H,11-12H2,1-3H3. The van der Waals surface area contributed by atoms with Crippen LogP contribution in [0.4, 0.5) is 10.1 Å². The van der Waals surface area contributed by atoms with Crippen LogP contribution in [0, 0.1) is 5.82 Å². The zero-order valence-electron chi connectivity index (χ0n) is 15.2. The Bertz CT molecular complexity index is 892. The molecule has 1 atom stereocenters. The number of aromatic nitrogens is 1. The van der Waals surface area contributed by atoms with Crippen molar-refractivity contribution in [2.24, 2.45) is 0 Å². The van der Waals surface area contributed by atoms with Crippen molar-refractivity contribution in [3.05, 3.63) is 64.3 Å². The van der Waals surface area contributed by atoms with Crippen molar-refractivity contribution in [3.63, 3.8) is 0 Å². The van der Waals surface area contributed by atoms with Gasteiger partial charge >= 0.3 is 5.97 Å². The lowest BCUT2D eigenvalue weighted by Gasteiger charge is -2.19. The molecule has 27 heavy (non-hydrogen) atoms. The molecular weight excluding hydrogens is 375 g/mol. The molecule has 0 radical (unpaired) electrons. The molecule has 1 heterocycles. The van der Waals surface area contributed by atoms with Gasteiger partial charge < -0.3 is 9.30 Å². The molecule has 0 aliphatic rings. The first-order valence-corrected chi connectivity index (χ1v) is 9.36. The molecule has 146 valence electrons. The van der Waals surface area contributed by atoms with Gasteiger partial charge in [-0.25, -0.2) is 14.1 Å². The van der Waals surface area contributed by atoms with Gasteiger partial charge in [0.15, 0.2) is 11.1 Å². The third-order valence-corrected chi connectivity index (χ3v) is 4.03. The summed E-state index contributed by atoms with van der Waals surface area (Å²) < 4.78 is 36.8. The summed E-state index contributed by atoms with van der Waals surface area (Å²) in [5.74, 6) is -1.24. The Morgan fingerprint density at radius 3 is 2.59 bits per heavy atom. The molecule has 0 spiro atoms. The number of nitrogens with zero attached hydrogens (tertiary/aromatic N) is 1. The number of esters is 1. The molecule has 1 aromatic carbocycles. The van der Waals surface area contributed by atoms with Gasteiger partial charge in [-0.3, -0.25) is 9.59 Å². The molecule has 0 saturated heterocycles. The van der Waals surface area contributed by atoms with E-state index < -0.39 is 34.0 Å². The fraction of sp³-hybridized carbons (Fsp3) is 0.333. The van der Waals surface area contributed by atoms with Gasteiger partial charge in [-0.05, 0) is 39.0 Å². The van der Waals surface area contributed by atoms with Gasteiger partial charge in [-0.2, -0.15) is 4.28 Å². The monoisotopic (exact) mass is 396 g/mol. The van der Waals surface area contributed by atoms with Crippen molar-refractivity contribution in [3.8, 4) is 0 Å². The van der Waals surface area contributed by atoms with E-state index in [0.717, 1.165) is 4.57 Å². The first-order chi connectivity index (χ1) is 12.7. The summed E-state index contributed by atoms with van der Waals surface area (Å²) in [6.07, 6.45) is 1.42. The maximum Gasteiger partial charge on any atom is 0.326 e. The molecule has 1 unspecified atom stereocenters. The molecule has 2 rings (SSSR count). The summed E-state index contributed by atoms with van der Waals surface area (Å²) in [4.78, 5) is 24.2. The highest BCUT2D eigenvalue weighted by Crippen LogP contribution is 2.11. The predicted octanol–water partition coefficient (Wildman–Crippen LogP) is 2.54. The highest BCUT2D eigenvalue weighted by Gasteiger charge is 2.17. The van der Waals surface area contributed by atoms with Crippen LogP contribution in [0.2, 0.25) is 0 Å². The molecule has 0 amide bonds. The third-order valence-electron chi connectivity index (χ3n) is 3.22. The molecule has 0 saturated carbocycles. The average Bonchev–Trinajstić information content (AvgIpc) is 2.56. The van der Waals surface area contributed by atoms with E-state index in [9.17, 15) is 18.2 Å². The fourth-order valence-electron chi connectivity index (χ4n) is 2.12. The first kappa shape index (κ1) is 20.8. The van der Waals surface area contributed by atoms with E-state index in [-0.39, 0.29) is 23.5 Å². The van der Waals surface area contributed by atoms with Crippen molar-refractivity contribution in [1.82, 2.24) is 4.57 Å². The third kappa shape index (κ3) is 6.61. The van der Waals surface area contributed by atoms with Crippen molar-refractivity contribution >= 4 is 22.7 Å². The van der Waals surface area contributed by atoms with Gasteiger partial charge in [0.25, 0.3) is 5.56 Å². The van der Waals surface area contributed by atoms with E-state index in [1.165, 1.54) is 36.5 Å². The number of carbonyl (C=O) groups is 1. The van der Waals surface area contributed by atoms with Crippen LogP contribution in [0.15, 0.2) is 47.4 Å². The van der Waals surface area contributed by atoms with Crippen molar-refractivity contribution in [2.75, 3.05) is 5.48 Å². The van der Waals surface area contributed by atoms with Gasteiger partial charge in [-0.1, -0.05) is 18.2 Å². The number of benzene rings is 1. The van der Waals surface area contributed by atoms with Gasteiger partial charge in [0, 0.05) is 11.8 Å². The lowest BCUT2D eigenvalue weighted by Crippen LogP contribution is -2.31. The van der Waals surface area contributed by atoms with Crippen LogP contribution in [-0.2, 0) is 37.2 Å². The number of rotatable bonds is 7. The predicted molar refractivity (Wildman–Crippen MR) is 99.5 cm³/mol. The van der Waals surface area contributed by atoms with Gasteiger partial charge in [-0.15, -0.1) is 0 Å². The molecule has 2 aromatic rings. The van der Waals surface area contributed by atoms with Gasteiger partial charge in [0.2, 0.25) is 0 Å². The zero-order valence-corrected chi connectivity index (χ0v) is 16.0. The largest absolute Gasteiger partial charge is 0.459 e. The molecule has 9 heteroatoms. The minimum Gasteiger partial charge on any atom is -0.459 e. The summed E-state index contributed by atoms with van der Waals surface area (Å²) in [6, 6.07) is 8.83. The van der Waals surface area contributed by atoms with E-state index in [4.69, 9.17) is 9.02 Å². The molecule has 1 aromatic heterocycles. The summed E-state index contributed by atoms with van der Waals surface area (Å²) in [5, 5.41) is 0. The number of hydrogen-bond acceptors (Lipinski definition) is 6. The average molecular weight is 396 g/mol. The Kier molecular flexibility index (Phi) is 6.86. The van der Waals surface area contributed by atoms with Crippen molar-refractivity contribution < 1.29 is 22.4 Å². The minimum absolute atomic E-state index is 0.0112. The molecule has 0 fully saturated rings. The van der Waals surface area contributed by atoms with Crippen LogP contribution in [-0.4, -0.2) is 20.3 Å². The van der Waals surface area contributed by atoms with E-state index >= 15 is 0 Å². The molecular formula is C18H21FN2O5S. The first-order valence-electron chi connectivity index (χ1n) is 8.12. The fourth-order valence-corrected chi connectivity index (χ4v) is 2.84. The summed E-state index contributed by atoms with van der Waals surface area (Å²) in [7, 11) is 0. The van der Waals surface area contributed by atoms with Crippen LogP contribution in [0.1, 0.15) is 26.3 Å². The summed E-state index contributed by atoms with van der Waals surface area (Å²) >= 11 is -1.91. The second kappa shape index (κ2) is 8.92. The molecule has 0 bridgehead atoms. The topological polar surface area (TPSA) is 86.6 Å². The molecule has 1 N–H and O–H groups in total. The Hall–Kier alpha value is -2.52. The summed E-state index contributed by atoms with van der Waals surface area (Å²) in [5.41, 5.74) is 1.31. The smallest absolute Gasteiger partial charge is 0.326 e. The Balaban J connectivity index is 1.99. The number of halogens is 1. The van der Waals surface area contributed by atoms with Crippen molar-refractivity contribution in [1.29, 1.82) is 0 Å². The molecule has 7 nitrogen and oxygen atoms in total. The van der Waals surface area contributed by atoms with E-state index in [1.54, 1.807) is 26.8 Å². The van der Waals surface area contributed by atoms with Crippen molar-refractivity contribution in [2.45, 2.75) is 38.7 Å². The Morgan fingerprint density at radius 2 is 1.93 bits per heavy atom. The number of pyridine rings is 1. The lowest BCUT2D eigenvalue weighted by molar-refractivity contribution is -0.155. The Morgan fingerprint density at radius 1 is 1.22 bits per heavy atom.